The third kappa shape index (κ3) is 1.81. The van der Waals surface area contributed by atoms with Gasteiger partial charge < -0.3 is 5.32 Å². The second-order valence-corrected chi connectivity index (χ2v) is 5.19. The van der Waals surface area contributed by atoms with Crippen molar-refractivity contribution in [3.63, 3.8) is 0 Å². The van der Waals surface area contributed by atoms with Crippen molar-refractivity contribution in [2.24, 2.45) is 0 Å². The summed E-state index contributed by atoms with van der Waals surface area (Å²) in [5.41, 5.74) is 2.46. The molecule has 1 atom stereocenters. The molecule has 3 rings (SSSR count). The monoisotopic (exact) mass is 230 g/mol. The summed E-state index contributed by atoms with van der Waals surface area (Å²) < 4.78 is 0. The molecule has 82 valence electrons. The van der Waals surface area contributed by atoms with Gasteiger partial charge in [0.05, 0.1) is 10.9 Å². The van der Waals surface area contributed by atoms with Crippen molar-refractivity contribution in [1.29, 1.82) is 0 Å². The van der Waals surface area contributed by atoms with E-state index >= 15 is 0 Å². The van der Waals surface area contributed by atoms with Crippen molar-refractivity contribution >= 4 is 22.7 Å². The van der Waals surface area contributed by atoms with Gasteiger partial charge in [-0.05, 0) is 24.8 Å². The molecule has 1 aliphatic rings. The Kier molecular flexibility index (Phi) is 2.80. The number of nitrogens with one attached hydrogen (secondary N) is 1. The van der Waals surface area contributed by atoms with E-state index in [1.807, 2.05) is 24.0 Å². The fraction of sp³-hybridized carbons (Fsp3) is 0.308. The Balaban J connectivity index is 2.08. The Morgan fingerprint density at radius 2 is 2.19 bits per heavy atom. The summed E-state index contributed by atoms with van der Waals surface area (Å²) in [7, 11) is 0. The number of aromatic nitrogens is 1. The van der Waals surface area contributed by atoms with Gasteiger partial charge in [0, 0.05) is 17.1 Å². The van der Waals surface area contributed by atoms with Crippen LogP contribution in [0.3, 0.4) is 0 Å². The lowest BCUT2D eigenvalue weighted by molar-refractivity contribution is 0.645. The molecule has 1 N–H and O–H groups in total. The molecule has 2 nitrogen and oxygen atoms in total. The van der Waals surface area contributed by atoms with Crippen LogP contribution in [0.4, 0.5) is 0 Å². The predicted molar refractivity (Wildman–Crippen MR) is 69.6 cm³/mol. The van der Waals surface area contributed by atoms with Gasteiger partial charge in [0.1, 0.15) is 0 Å². The first kappa shape index (κ1) is 10.1. The number of fused-ring (bicyclic) bond motifs is 1. The molecule has 1 aromatic carbocycles. The van der Waals surface area contributed by atoms with Gasteiger partial charge in [0.2, 0.25) is 0 Å². The first-order valence-electron chi connectivity index (χ1n) is 5.64. The van der Waals surface area contributed by atoms with Gasteiger partial charge >= 0.3 is 0 Å². The Hall–Kier alpha value is -1.06. The van der Waals surface area contributed by atoms with E-state index in [1.54, 1.807) is 0 Å². The van der Waals surface area contributed by atoms with Crippen LogP contribution in [0.25, 0.3) is 10.9 Å². The standard InChI is InChI=1S/C13H14N2S/c1-4-10-5-2-7-14-12(10)11(6-1)13-15-8-3-9-16-13/h1-2,4-7,13,15H,3,8-9H2. The average Bonchev–Trinajstić information content (AvgIpc) is 2.39. The quantitative estimate of drug-likeness (QED) is 0.815. The summed E-state index contributed by atoms with van der Waals surface area (Å²) in [6.07, 6.45) is 3.14. The zero-order valence-corrected chi connectivity index (χ0v) is 9.83. The Bertz CT molecular complexity index is 487. The molecule has 1 aromatic heterocycles. The van der Waals surface area contributed by atoms with Crippen LogP contribution in [0.1, 0.15) is 17.4 Å². The van der Waals surface area contributed by atoms with Crippen LogP contribution in [0.2, 0.25) is 0 Å². The minimum Gasteiger partial charge on any atom is -0.302 e. The summed E-state index contributed by atoms with van der Waals surface area (Å²) in [5.74, 6) is 1.24. The van der Waals surface area contributed by atoms with Gasteiger partial charge in [-0.15, -0.1) is 11.8 Å². The molecule has 0 amide bonds. The fourth-order valence-electron chi connectivity index (χ4n) is 2.10. The predicted octanol–water partition coefficient (Wildman–Crippen LogP) is 2.96. The molecule has 0 radical (unpaired) electrons. The molecule has 1 aliphatic heterocycles. The number of para-hydroxylation sites is 1. The minimum absolute atomic E-state index is 0.410. The van der Waals surface area contributed by atoms with Crippen LogP contribution in [0.15, 0.2) is 36.5 Å². The van der Waals surface area contributed by atoms with E-state index in [0.717, 1.165) is 12.1 Å². The summed E-state index contributed by atoms with van der Waals surface area (Å²) in [4.78, 5) is 4.50. The first-order valence-corrected chi connectivity index (χ1v) is 6.69. The second kappa shape index (κ2) is 4.44. The molecule has 2 aromatic rings. The second-order valence-electron chi connectivity index (χ2n) is 3.98. The van der Waals surface area contributed by atoms with Gasteiger partial charge in [-0.3, -0.25) is 4.98 Å². The normalized spacial score (nSPS) is 21.1. The Morgan fingerprint density at radius 3 is 3.06 bits per heavy atom. The number of hydrogen-bond donors (Lipinski definition) is 1. The summed E-state index contributed by atoms with van der Waals surface area (Å²) in [6.45, 7) is 1.11. The van der Waals surface area contributed by atoms with Gasteiger partial charge in [-0.25, -0.2) is 0 Å². The highest BCUT2D eigenvalue weighted by Gasteiger charge is 2.17. The number of hydrogen-bond acceptors (Lipinski definition) is 3. The van der Waals surface area contributed by atoms with E-state index in [0.29, 0.717) is 5.37 Å². The van der Waals surface area contributed by atoms with Crippen molar-refractivity contribution in [3.8, 4) is 0 Å². The number of pyridine rings is 1. The molecule has 1 fully saturated rings. The maximum atomic E-state index is 4.50. The van der Waals surface area contributed by atoms with Crippen LogP contribution in [0, 0.1) is 0 Å². The third-order valence-electron chi connectivity index (χ3n) is 2.88. The van der Waals surface area contributed by atoms with Gasteiger partial charge in [-0.1, -0.05) is 24.3 Å². The smallest absolute Gasteiger partial charge is 0.0810 e. The van der Waals surface area contributed by atoms with Crippen molar-refractivity contribution in [1.82, 2.24) is 10.3 Å². The molecule has 1 saturated heterocycles. The van der Waals surface area contributed by atoms with Gasteiger partial charge in [-0.2, -0.15) is 0 Å². The molecule has 3 heteroatoms. The summed E-state index contributed by atoms with van der Waals surface area (Å²) in [6, 6.07) is 10.5. The molecular weight excluding hydrogens is 216 g/mol. The maximum absolute atomic E-state index is 4.50. The lowest BCUT2D eigenvalue weighted by Gasteiger charge is -2.24. The van der Waals surface area contributed by atoms with Crippen LogP contribution in [-0.4, -0.2) is 17.3 Å². The van der Waals surface area contributed by atoms with Gasteiger partial charge in [0.25, 0.3) is 0 Å². The van der Waals surface area contributed by atoms with E-state index in [-0.39, 0.29) is 0 Å². The highest BCUT2D eigenvalue weighted by atomic mass is 32.2. The van der Waals surface area contributed by atoms with Crippen LogP contribution in [-0.2, 0) is 0 Å². The fourth-order valence-corrected chi connectivity index (χ4v) is 3.26. The third-order valence-corrected chi connectivity index (χ3v) is 4.16. The highest BCUT2D eigenvalue weighted by Crippen LogP contribution is 2.32. The average molecular weight is 230 g/mol. The van der Waals surface area contributed by atoms with Crippen LogP contribution in [0.5, 0.6) is 0 Å². The largest absolute Gasteiger partial charge is 0.302 e. The van der Waals surface area contributed by atoms with E-state index < -0.39 is 0 Å². The Morgan fingerprint density at radius 1 is 1.25 bits per heavy atom. The van der Waals surface area contributed by atoms with E-state index in [9.17, 15) is 0 Å². The van der Waals surface area contributed by atoms with Crippen molar-refractivity contribution < 1.29 is 0 Å². The molecule has 16 heavy (non-hydrogen) atoms. The molecular formula is C13H14N2S. The minimum atomic E-state index is 0.410. The number of nitrogens with zero attached hydrogens (tertiary/aromatic N) is 1. The van der Waals surface area contributed by atoms with Crippen LogP contribution >= 0.6 is 11.8 Å². The lowest BCUT2D eigenvalue weighted by atomic mass is 10.1. The SMILES string of the molecule is c1cnc2c(C3NCCCS3)cccc2c1. The summed E-state index contributed by atoms with van der Waals surface area (Å²) in [5, 5.41) is 5.19. The topological polar surface area (TPSA) is 24.9 Å². The number of rotatable bonds is 1. The molecule has 0 saturated carbocycles. The first-order chi connectivity index (χ1) is 7.95. The Labute approximate surface area is 99.5 Å². The van der Waals surface area contributed by atoms with E-state index in [1.165, 1.54) is 23.1 Å². The summed E-state index contributed by atoms with van der Waals surface area (Å²) >= 11 is 1.98. The highest BCUT2D eigenvalue weighted by molar-refractivity contribution is 7.99. The zero-order valence-electron chi connectivity index (χ0n) is 9.02. The molecule has 0 spiro atoms. The van der Waals surface area contributed by atoms with E-state index in [4.69, 9.17) is 0 Å². The van der Waals surface area contributed by atoms with Crippen molar-refractivity contribution in [2.45, 2.75) is 11.8 Å². The number of benzene rings is 1. The molecule has 1 unspecified atom stereocenters. The van der Waals surface area contributed by atoms with Crippen molar-refractivity contribution in [2.75, 3.05) is 12.3 Å². The molecule has 2 heterocycles. The number of thioether (sulfide) groups is 1. The molecule has 0 aliphatic carbocycles. The van der Waals surface area contributed by atoms with E-state index in [2.05, 4.69) is 34.6 Å². The maximum Gasteiger partial charge on any atom is 0.0810 e. The van der Waals surface area contributed by atoms with Crippen LogP contribution < -0.4 is 5.32 Å². The van der Waals surface area contributed by atoms with Crippen molar-refractivity contribution in [3.05, 3.63) is 42.1 Å². The molecule has 0 bridgehead atoms. The van der Waals surface area contributed by atoms with Gasteiger partial charge in [0.15, 0.2) is 0 Å². The zero-order chi connectivity index (χ0) is 10.8. The lowest BCUT2D eigenvalue weighted by Crippen LogP contribution is -2.25.